The lowest BCUT2D eigenvalue weighted by atomic mass is 10.1. The monoisotopic (exact) mass is 268 g/mol. The van der Waals surface area contributed by atoms with Crippen molar-refractivity contribution < 1.29 is 4.74 Å². The first-order valence-electron chi connectivity index (χ1n) is 5.09. The Bertz CT molecular complexity index is 501. The average molecular weight is 269 g/mol. The summed E-state index contributed by atoms with van der Waals surface area (Å²) in [6.45, 7) is 0. The molecule has 1 atom stereocenters. The van der Waals surface area contributed by atoms with Gasteiger partial charge >= 0.3 is 0 Å². The van der Waals surface area contributed by atoms with Crippen LogP contribution in [0.25, 0.3) is 0 Å². The molecular weight excluding hydrogens is 256 g/mol. The third kappa shape index (κ3) is 2.61. The fourth-order valence-electron chi connectivity index (χ4n) is 1.66. The number of thiophene rings is 1. The first-order valence-corrected chi connectivity index (χ1v) is 6.35. The van der Waals surface area contributed by atoms with Crippen LogP contribution in [0.4, 0.5) is 0 Å². The molecule has 0 aliphatic carbocycles. The predicted molar refractivity (Wildman–Crippen MR) is 71.5 cm³/mol. The van der Waals surface area contributed by atoms with Crippen LogP contribution in [0, 0.1) is 0 Å². The van der Waals surface area contributed by atoms with Gasteiger partial charge < -0.3 is 4.74 Å². The summed E-state index contributed by atoms with van der Waals surface area (Å²) >= 11 is 7.70. The maximum Gasteiger partial charge on any atom is 0.119 e. The highest BCUT2D eigenvalue weighted by molar-refractivity contribution is 7.10. The van der Waals surface area contributed by atoms with Crippen LogP contribution in [0.3, 0.4) is 0 Å². The van der Waals surface area contributed by atoms with Crippen molar-refractivity contribution in [2.75, 3.05) is 7.11 Å². The zero-order valence-corrected chi connectivity index (χ0v) is 10.9. The van der Waals surface area contributed by atoms with Crippen molar-refractivity contribution in [3.8, 4) is 5.75 Å². The molecule has 1 aromatic carbocycles. The van der Waals surface area contributed by atoms with Gasteiger partial charge in [-0.15, -0.1) is 11.3 Å². The smallest absolute Gasteiger partial charge is 0.119 e. The van der Waals surface area contributed by atoms with E-state index in [1.54, 1.807) is 18.4 Å². The number of hydrogen-bond donors (Lipinski definition) is 2. The van der Waals surface area contributed by atoms with E-state index in [-0.39, 0.29) is 6.04 Å². The van der Waals surface area contributed by atoms with Crippen LogP contribution in [-0.2, 0) is 0 Å². The zero-order chi connectivity index (χ0) is 12.3. The average Bonchev–Trinajstić information content (AvgIpc) is 2.77. The van der Waals surface area contributed by atoms with Crippen LogP contribution >= 0.6 is 22.9 Å². The Hall–Kier alpha value is -1.07. The van der Waals surface area contributed by atoms with Gasteiger partial charge in [-0.1, -0.05) is 23.7 Å². The molecule has 0 fully saturated rings. The van der Waals surface area contributed by atoms with Gasteiger partial charge in [-0.2, -0.15) is 0 Å². The molecule has 1 unspecified atom stereocenters. The fraction of sp³-hybridized carbons (Fsp3) is 0.167. The summed E-state index contributed by atoms with van der Waals surface area (Å²) in [5.41, 5.74) is 3.81. The lowest BCUT2D eigenvalue weighted by Crippen LogP contribution is -2.28. The minimum atomic E-state index is -0.113. The molecule has 0 saturated carbocycles. The topological polar surface area (TPSA) is 47.3 Å². The zero-order valence-electron chi connectivity index (χ0n) is 9.31. The molecule has 1 heterocycles. The summed E-state index contributed by atoms with van der Waals surface area (Å²) in [6.07, 6.45) is 0. The van der Waals surface area contributed by atoms with Crippen molar-refractivity contribution in [2.24, 2.45) is 5.84 Å². The number of hydrogen-bond acceptors (Lipinski definition) is 4. The maximum atomic E-state index is 6.12. The van der Waals surface area contributed by atoms with E-state index in [0.717, 1.165) is 21.2 Å². The van der Waals surface area contributed by atoms with Gasteiger partial charge in [-0.05, 0) is 29.1 Å². The molecule has 0 aliphatic rings. The molecule has 0 bridgehead atoms. The molecule has 0 amide bonds. The van der Waals surface area contributed by atoms with Gasteiger partial charge in [0.15, 0.2) is 0 Å². The summed E-state index contributed by atoms with van der Waals surface area (Å²) < 4.78 is 5.20. The molecule has 5 heteroatoms. The third-order valence-corrected chi connectivity index (χ3v) is 3.92. The Morgan fingerprint density at radius 3 is 2.82 bits per heavy atom. The highest BCUT2D eigenvalue weighted by atomic mass is 35.5. The first-order chi connectivity index (χ1) is 8.26. The predicted octanol–water partition coefficient (Wildman–Crippen LogP) is 2.96. The normalized spacial score (nSPS) is 12.4. The van der Waals surface area contributed by atoms with Crippen LogP contribution < -0.4 is 16.0 Å². The van der Waals surface area contributed by atoms with Crippen molar-refractivity contribution in [1.82, 2.24) is 5.43 Å². The van der Waals surface area contributed by atoms with E-state index in [1.165, 1.54) is 0 Å². The Morgan fingerprint density at radius 1 is 1.41 bits per heavy atom. The lowest BCUT2D eigenvalue weighted by molar-refractivity contribution is 0.413. The first kappa shape index (κ1) is 12.4. The van der Waals surface area contributed by atoms with E-state index >= 15 is 0 Å². The number of ether oxygens (including phenoxy) is 1. The highest BCUT2D eigenvalue weighted by Crippen LogP contribution is 2.33. The molecule has 2 rings (SSSR count). The van der Waals surface area contributed by atoms with Gasteiger partial charge in [-0.25, -0.2) is 5.43 Å². The minimum Gasteiger partial charge on any atom is -0.497 e. The van der Waals surface area contributed by atoms with Gasteiger partial charge in [0.25, 0.3) is 0 Å². The van der Waals surface area contributed by atoms with E-state index in [0.29, 0.717) is 0 Å². The van der Waals surface area contributed by atoms with E-state index in [4.69, 9.17) is 22.2 Å². The molecule has 0 radical (unpaired) electrons. The van der Waals surface area contributed by atoms with Crippen LogP contribution in [-0.4, -0.2) is 7.11 Å². The van der Waals surface area contributed by atoms with E-state index < -0.39 is 0 Å². The second-order valence-electron chi connectivity index (χ2n) is 3.51. The summed E-state index contributed by atoms with van der Waals surface area (Å²) in [4.78, 5) is 1.00. The molecule has 1 aromatic heterocycles. The molecule has 3 nitrogen and oxygen atoms in total. The minimum absolute atomic E-state index is 0.113. The Labute approximate surface area is 109 Å². The van der Waals surface area contributed by atoms with Crippen LogP contribution in [0.15, 0.2) is 35.7 Å². The second kappa shape index (κ2) is 5.51. The Kier molecular flexibility index (Phi) is 4.02. The highest BCUT2D eigenvalue weighted by Gasteiger charge is 2.17. The molecular formula is C12H13ClN2OS. The molecule has 3 N–H and O–H groups in total. The van der Waals surface area contributed by atoms with E-state index in [2.05, 4.69) is 5.43 Å². The quantitative estimate of drug-likeness (QED) is 0.662. The van der Waals surface area contributed by atoms with Gasteiger partial charge in [0, 0.05) is 4.88 Å². The maximum absolute atomic E-state index is 6.12. The number of hydrazine groups is 1. The van der Waals surface area contributed by atoms with Crippen LogP contribution in [0.1, 0.15) is 16.5 Å². The van der Waals surface area contributed by atoms with E-state index in [1.807, 2.05) is 35.7 Å². The second-order valence-corrected chi connectivity index (χ2v) is 4.86. The lowest BCUT2D eigenvalue weighted by Gasteiger charge is -2.16. The van der Waals surface area contributed by atoms with Gasteiger partial charge in [0.05, 0.1) is 18.2 Å². The molecule has 0 saturated heterocycles. The summed E-state index contributed by atoms with van der Waals surface area (Å²) in [7, 11) is 1.64. The van der Waals surface area contributed by atoms with Crippen LogP contribution in [0.2, 0.25) is 5.02 Å². The number of methoxy groups -OCH3 is 1. The van der Waals surface area contributed by atoms with Crippen molar-refractivity contribution in [2.45, 2.75) is 6.04 Å². The fourth-order valence-corrected chi connectivity index (χ4v) is 2.91. The van der Waals surface area contributed by atoms with Gasteiger partial charge in [-0.3, -0.25) is 5.84 Å². The van der Waals surface area contributed by atoms with Gasteiger partial charge in [0.2, 0.25) is 0 Å². The molecule has 0 aliphatic heterocycles. The SMILES string of the molecule is COc1cccc(C(NN)c2sccc2Cl)c1. The van der Waals surface area contributed by atoms with Gasteiger partial charge in [0.1, 0.15) is 5.75 Å². The Morgan fingerprint density at radius 2 is 2.24 bits per heavy atom. The third-order valence-electron chi connectivity index (χ3n) is 2.50. The number of nitrogens with one attached hydrogen (secondary N) is 1. The summed E-state index contributed by atoms with van der Waals surface area (Å²) in [5, 5.41) is 2.67. The van der Waals surface area contributed by atoms with Crippen molar-refractivity contribution >= 4 is 22.9 Å². The number of benzene rings is 1. The van der Waals surface area contributed by atoms with Crippen molar-refractivity contribution in [1.29, 1.82) is 0 Å². The molecule has 0 spiro atoms. The molecule has 90 valence electrons. The largest absolute Gasteiger partial charge is 0.497 e. The standard InChI is InChI=1S/C12H13ClN2OS/c1-16-9-4-2-3-8(7-9)11(15-14)12-10(13)5-6-17-12/h2-7,11,15H,14H2,1H3. The number of nitrogens with two attached hydrogens (primary N) is 1. The molecule has 17 heavy (non-hydrogen) atoms. The summed E-state index contributed by atoms with van der Waals surface area (Å²) in [5.74, 6) is 6.41. The van der Waals surface area contributed by atoms with Crippen LogP contribution in [0.5, 0.6) is 5.75 Å². The summed E-state index contributed by atoms with van der Waals surface area (Å²) in [6, 6.07) is 9.51. The van der Waals surface area contributed by atoms with Crippen molar-refractivity contribution in [3.63, 3.8) is 0 Å². The van der Waals surface area contributed by atoms with Crippen molar-refractivity contribution in [3.05, 3.63) is 51.2 Å². The molecule has 2 aromatic rings. The number of halogens is 1. The number of rotatable bonds is 4. The Balaban J connectivity index is 2.38. The van der Waals surface area contributed by atoms with E-state index in [9.17, 15) is 0 Å².